The number of nitrogens with two attached hydrogens (primary N) is 1. The minimum atomic E-state index is -0.341. The fourth-order valence-electron chi connectivity index (χ4n) is 1.78. The first kappa shape index (κ1) is 14.5. The smallest absolute Gasteiger partial charge is 0.334 e. The first-order valence-corrected chi connectivity index (χ1v) is 7.58. The monoisotopic (exact) mass is 434 g/mol. The van der Waals surface area contributed by atoms with Gasteiger partial charge in [-0.1, -0.05) is 15.9 Å². The number of ether oxygens (including phenoxy) is 1. The molecule has 0 unspecified atom stereocenters. The molecule has 1 aliphatic heterocycles. The van der Waals surface area contributed by atoms with Gasteiger partial charge in [0.25, 0.3) is 0 Å². The van der Waals surface area contributed by atoms with Gasteiger partial charge in [0.15, 0.2) is 0 Å². The molecular weight excluding hydrogens is 423 g/mol. The summed E-state index contributed by atoms with van der Waals surface area (Å²) in [6, 6.07) is 3.85. The van der Waals surface area contributed by atoms with Crippen LogP contribution in [0.15, 0.2) is 27.2 Å². The van der Waals surface area contributed by atoms with Gasteiger partial charge in [-0.25, -0.2) is 9.79 Å². The van der Waals surface area contributed by atoms with E-state index in [-0.39, 0.29) is 5.97 Å². The van der Waals surface area contributed by atoms with E-state index in [2.05, 4.69) is 43.5 Å². The Morgan fingerprint density at radius 3 is 3.00 bits per heavy atom. The van der Waals surface area contributed by atoms with Crippen molar-refractivity contribution in [3.05, 3.63) is 31.3 Å². The van der Waals surface area contributed by atoms with Gasteiger partial charge in [-0.2, -0.15) is 0 Å². The van der Waals surface area contributed by atoms with Crippen molar-refractivity contribution < 1.29 is 9.53 Å². The Labute approximate surface area is 133 Å². The zero-order chi connectivity index (χ0) is 14.0. The van der Waals surface area contributed by atoms with Gasteiger partial charge in [0, 0.05) is 25.6 Å². The van der Waals surface area contributed by atoms with Crippen LogP contribution in [0.4, 0.5) is 5.69 Å². The minimum absolute atomic E-state index is 0.307. The van der Waals surface area contributed by atoms with Crippen molar-refractivity contribution in [1.82, 2.24) is 0 Å². The second-order valence-corrected chi connectivity index (χ2v) is 6.07. The van der Waals surface area contributed by atoms with Gasteiger partial charge in [0.05, 0.1) is 12.3 Å². The summed E-state index contributed by atoms with van der Waals surface area (Å²) in [6.45, 7) is 2.12. The highest BCUT2D eigenvalue weighted by atomic mass is 127. The lowest BCUT2D eigenvalue weighted by molar-refractivity contribution is -0.138. The van der Waals surface area contributed by atoms with E-state index in [1.54, 1.807) is 6.92 Å². The predicted molar refractivity (Wildman–Crippen MR) is 87.4 cm³/mol. The van der Waals surface area contributed by atoms with Crippen LogP contribution in [0.3, 0.4) is 0 Å². The van der Waals surface area contributed by atoms with Crippen LogP contribution in [0.25, 0.3) is 6.08 Å². The van der Waals surface area contributed by atoms with Crippen LogP contribution < -0.4 is 5.73 Å². The molecule has 1 aliphatic rings. The number of halogens is 2. The second kappa shape index (κ2) is 6.04. The first-order valence-electron chi connectivity index (χ1n) is 5.71. The van der Waals surface area contributed by atoms with E-state index >= 15 is 0 Å². The zero-order valence-electron chi connectivity index (χ0n) is 10.2. The Bertz CT molecular complexity index is 597. The Balaban J connectivity index is 2.54. The molecule has 100 valence electrons. The molecule has 19 heavy (non-hydrogen) atoms. The third kappa shape index (κ3) is 3.36. The number of carbonyl (C=O) groups is 1. The summed E-state index contributed by atoms with van der Waals surface area (Å²) in [6.07, 6.45) is 2.12. The summed E-state index contributed by atoms with van der Waals surface area (Å²) in [5, 5.41) is 0. The van der Waals surface area contributed by atoms with E-state index in [4.69, 9.17) is 10.5 Å². The number of amidine groups is 1. The van der Waals surface area contributed by atoms with Crippen LogP contribution in [-0.4, -0.2) is 18.4 Å². The summed E-state index contributed by atoms with van der Waals surface area (Å²) in [5.74, 6) is 0.0687. The summed E-state index contributed by atoms with van der Waals surface area (Å²) in [5.41, 5.74) is 8.04. The van der Waals surface area contributed by atoms with Crippen LogP contribution in [0.5, 0.6) is 0 Å². The number of carbonyl (C=O) groups excluding carboxylic acids is 1. The van der Waals surface area contributed by atoms with Gasteiger partial charge < -0.3 is 10.5 Å². The Hall–Kier alpha value is -0.890. The van der Waals surface area contributed by atoms with E-state index in [0.717, 1.165) is 19.3 Å². The SMILES string of the molecule is CCOC(=O)C1=Cc2c(I)cc(Br)cc2N=C(N)C1. The molecule has 0 spiro atoms. The third-order valence-corrected chi connectivity index (χ3v) is 3.91. The Kier molecular flexibility index (Phi) is 4.62. The van der Waals surface area contributed by atoms with Gasteiger partial charge in [-0.3, -0.25) is 0 Å². The van der Waals surface area contributed by atoms with Gasteiger partial charge in [-0.05, 0) is 47.7 Å². The summed E-state index contributed by atoms with van der Waals surface area (Å²) in [4.78, 5) is 16.2. The number of benzene rings is 1. The molecule has 0 bridgehead atoms. The van der Waals surface area contributed by atoms with E-state index in [1.807, 2.05) is 18.2 Å². The van der Waals surface area contributed by atoms with Gasteiger partial charge in [0.1, 0.15) is 5.84 Å². The molecule has 0 aromatic heterocycles. The standard InChI is InChI=1S/C13H12BrIN2O2/c1-2-19-13(18)7-3-9-10(15)5-8(14)6-11(9)17-12(16)4-7/h3,5-6H,2,4H2,1H3,(H2,16,17). The lowest BCUT2D eigenvalue weighted by Gasteiger charge is -2.06. The average Bonchev–Trinajstić information content (AvgIpc) is 2.48. The molecule has 0 radical (unpaired) electrons. The van der Waals surface area contributed by atoms with E-state index < -0.39 is 0 Å². The maximum atomic E-state index is 11.9. The highest BCUT2D eigenvalue weighted by Crippen LogP contribution is 2.33. The number of rotatable bonds is 2. The molecule has 4 nitrogen and oxygen atoms in total. The number of aliphatic imine (C=N–C) groups is 1. The van der Waals surface area contributed by atoms with Crippen molar-refractivity contribution >= 4 is 62.1 Å². The largest absolute Gasteiger partial charge is 0.463 e. The molecular formula is C13H12BrIN2O2. The second-order valence-electron chi connectivity index (χ2n) is 3.99. The highest BCUT2D eigenvalue weighted by molar-refractivity contribution is 14.1. The van der Waals surface area contributed by atoms with Crippen molar-refractivity contribution in [2.45, 2.75) is 13.3 Å². The molecule has 6 heteroatoms. The molecule has 0 fully saturated rings. The fourth-order valence-corrected chi connectivity index (χ4v) is 3.42. The average molecular weight is 435 g/mol. The van der Waals surface area contributed by atoms with Crippen molar-refractivity contribution in [2.24, 2.45) is 10.7 Å². The molecule has 2 N–H and O–H groups in total. The molecule has 1 aromatic rings. The fraction of sp³-hybridized carbons (Fsp3) is 0.231. The molecule has 0 amide bonds. The molecule has 0 aliphatic carbocycles. The first-order chi connectivity index (χ1) is 9.01. The predicted octanol–water partition coefficient (Wildman–Crippen LogP) is 3.39. The Morgan fingerprint density at radius 2 is 2.32 bits per heavy atom. The third-order valence-electron chi connectivity index (χ3n) is 2.56. The number of esters is 1. The van der Waals surface area contributed by atoms with E-state index in [1.165, 1.54) is 0 Å². The van der Waals surface area contributed by atoms with Crippen molar-refractivity contribution in [2.75, 3.05) is 6.61 Å². The molecule has 0 saturated heterocycles. The van der Waals surface area contributed by atoms with Crippen LogP contribution in [0.2, 0.25) is 0 Å². The number of hydrogen-bond donors (Lipinski definition) is 1. The zero-order valence-corrected chi connectivity index (χ0v) is 14.0. The minimum Gasteiger partial charge on any atom is -0.463 e. The van der Waals surface area contributed by atoms with Crippen LogP contribution in [0.1, 0.15) is 18.9 Å². The Morgan fingerprint density at radius 1 is 1.58 bits per heavy atom. The van der Waals surface area contributed by atoms with Gasteiger partial charge in [-0.15, -0.1) is 0 Å². The van der Waals surface area contributed by atoms with Crippen molar-refractivity contribution in [3.63, 3.8) is 0 Å². The van der Waals surface area contributed by atoms with E-state index in [0.29, 0.717) is 24.4 Å². The number of fused-ring (bicyclic) bond motifs is 1. The van der Waals surface area contributed by atoms with Crippen LogP contribution in [0, 0.1) is 3.57 Å². The summed E-state index contributed by atoms with van der Waals surface area (Å²) < 4.78 is 6.97. The summed E-state index contributed by atoms with van der Waals surface area (Å²) in [7, 11) is 0. The topological polar surface area (TPSA) is 64.7 Å². The molecule has 2 rings (SSSR count). The highest BCUT2D eigenvalue weighted by Gasteiger charge is 2.18. The lowest BCUT2D eigenvalue weighted by atomic mass is 10.1. The number of nitrogens with zero attached hydrogens (tertiary/aromatic N) is 1. The van der Waals surface area contributed by atoms with Crippen LogP contribution in [-0.2, 0) is 9.53 Å². The maximum absolute atomic E-state index is 11.9. The lowest BCUT2D eigenvalue weighted by Crippen LogP contribution is -2.16. The molecule has 1 aromatic carbocycles. The van der Waals surface area contributed by atoms with Gasteiger partial charge in [0.2, 0.25) is 0 Å². The number of hydrogen-bond acceptors (Lipinski definition) is 4. The normalized spacial score (nSPS) is 14.1. The quantitative estimate of drug-likeness (QED) is 0.573. The van der Waals surface area contributed by atoms with Crippen molar-refractivity contribution in [3.8, 4) is 0 Å². The van der Waals surface area contributed by atoms with Crippen LogP contribution >= 0.6 is 38.5 Å². The van der Waals surface area contributed by atoms with Crippen molar-refractivity contribution in [1.29, 1.82) is 0 Å². The summed E-state index contributed by atoms with van der Waals surface area (Å²) >= 11 is 5.64. The van der Waals surface area contributed by atoms with E-state index in [9.17, 15) is 4.79 Å². The van der Waals surface area contributed by atoms with Gasteiger partial charge >= 0.3 is 5.97 Å². The molecule has 0 saturated carbocycles. The maximum Gasteiger partial charge on any atom is 0.334 e. The molecule has 1 heterocycles. The molecule has 0 atom stereocenters.